The average Bonchev–Trinajstić information content (AvgIpc) is 2.93. The lowest BCUT2D eigenvalue weighted by atomic mass is 9.69. The van der Waals surface area contributed by atoms with Crippen LogP contribution in [0.15, 0.2) is 82.1 Å². The summed E-state index contributed by atoms with van der Waals surface area (Å²) < 4.78 is 62.6. The topological polar surface area (TPSA) is 148 Å². The standard InChI is InChI=1S/C30H31N3O7S2/c1-19(2)15-16-30(40-18-20-9-5-4-6-10-20)23-12-8-7-11-22(23)27(34)26(28(30)35)29-31-24-14-13-21(32-41(3,36)37)17-25(24)42(38,39)33-29/h4-14,17,19,26,32H,15-16,18H2,1-3H3,(H,31,33). The first kappa shape index (κ1) is 29.6. The van der Waals surface area contributed by atoms with E-state index in [1.807, 2.05) is 44.2 Å². The number of sulfonamides is 2. The zero-order valence-corrected chi connectivity index (χ0v) is 25.0. The molecule has 42 heavy (non-hydrogen) atoms. The van der Waals surface area contributed by atoms with Gasteiger partial charge in [0.1, 0.15) is 16.6 Å². The van der Waals surface area contributed by atoms with Crippen LogP contribution >= 0.6 is 0 Å². The van der Waals surface area contributed by atoms with Crippen molar-refractivity contribution < 1.29 is 31.2 Å². The predicted molar refractivity (Wildman–Crippen MR) is 159 cm³/mol. The molecule has 10 nitrogen and oxygen atoms in total. The van der Waals surface area contributed by atoms with Gasteiger partial charge < -0.3 is 10.1 Å². The summed E-state index contributed by atoms with van der Waals surface area (Å²) in [6, 6.07) is 20.0. The number of anilines is 2. The Bertz CT molecular complexity index is 1800. The van der Waals surface area contributed by atoms with Crippen LogP contribution in [0, 0.1) is 11.8 Å². The number of hydrogen-bond acceptors (Lipinski definition) is 8. The van der Waals surface area contributed by atoms with Crippen LogP contribution in [-0.2, 0) is 41.8 Å². The van der Waals surface area contributed by atoms with Crippen LogP contribution in [0.25, 0.3) is 0 Å². The molecule has 3 aromatic carbocycles. The van der Waals surface area contributed by atoms with Gasteiger partial charge in [-0.15, -0.1) is 4.40 Å². The summed E-state index contributed by atoms with van der Waals surface area (Å²) in [4.78, 5) is 28.2. The Morgan fingerprint density at radius 2 is 1.71 bits per heavy atom. The van der Waals surface area contributed by atoms with Crippen LogP contribution < -0.4 is 10.0 Å². The molecule has 0 saturated carbocycles. The number of hydrogen-bond donors (Lipinski definition) is 2. The molecule has 2 atom stereocenters. The molecule has 220 valence electrons. The lowest BCUT2D eigenvalue weighted by Crippen LogP contribution is -2.54. The zero-order chi connectivity index (χ0) is 30.3. The van der Waals surface area contributed by atoms with Crippen molar-refractivity contribution in [2.45, 2.75) is 43.8 Å². The summed E-state index contributed by atoms with van der Waals surface area (Å²) >= 11 is 0. The number of nitrogens with one attached hydrogen (secondary N) is 2. The van der Waals surface area contributed by atoms with E-state index in [-0.39, 0.29) is 46.6 Å². The Morgan fingerprint density at radius 3 is 2.40 bits per heavy atom. The van der Waals surface area contributed by atoms with E-state index < -0.39 is 43.1 Å². The van der Waals surface area contributed by atoms with Crippen molar-refractivity contribution in [3.05, 3.63) is 89.5 Å². The summed E-state index contributed by atoms with van der Waals surface area (Å²) in [5.41, 5.74) is 0.108. The van der Waals surface area contributed by atoms with E-state index in [0.29, 0.717) is 12.0 Å². The number of amidine groups is 1. The number of fused-ring (bicyclic) bond motifs is 2. The Hall–Kier alpha value is -3.87. The highest BCUT2D eigenvalue weighted by molar-refractivity contribution is 7.92. The maximum absolute atomic E-state index is 14.5. The van der Waals surface area contributed by atoms with E-state index >= 15 is 0 Å². The maximum Gasteiger partial charge on any atom is 0.286 e. The van der Waals surface area contributed by atoms with Gasteiger partial charge >= 0.3 is 0 Å². The Balaban J connectivity index is 1.61. The van der Waals surface area contributed by atoms with Crippen LogP contribution in [0.4, 0.5) is 11.4 Å². The molecule has 0 radical (unpaired) electrons. The third kappa shape index (κ3) is 5.74. The molecule has 0 aromatic heterocycles. The molecule has 2 aliphatic rings. The largest absolute Gasteiger partial charge is 0.358 e. The predicted octanol–water partition coefficient (Wildman–Crippen LogP) is 4.50. The summed E-state index contributed by atoms with van der Waals surface area (Å²) in [7, 11) is -8.08. The second-order valence-electron chi connectivity index (χ2n) is 10.9. The van der Waals surface area contributed by atoms with Gasteiger partial charge in [0.25, 0.3) is 10.0 Å². The number of carbonyl (C=O) groups excluding carboxylic acids is 2. The second-order valence-corrected chi connectivity index (χ2v) is 14.2. The molecule has 2 unspecified atom stereocenters. The SMILES string of the molecule is CC(C)CCC1(OCc2ccccc2)C(=O)C(C2=NS(=O)(=O)c3cc(NS(C)(=O)=O)ccc3N2)C(=O)c2ccccc21. The number of ether oxygens (including phenoxy) is 1. The monoisotopic (exact) mass is 609 g/mol. The van der Waals surface area contributed by atoms with Gasteiger partial charge in [-0.3, -0.25) is 14.3 Å². The first-order chi connectivity index (χ1) is 19.8. The van der Waals surface area contributed by atoms with Crippen LogP contribution in [0.2, 0.25) is 0 Å². The first-order valence-electron chi connectivity index (χ1n) is 13.4. The number of nitrogens with zero attached hydrogens (tertiary/aromatic N) is 1. The highest BCUT2D eigenvalue weighted by atomic mass is 32.2. The van der Waals surface area contributed by atoms with E-state index in [9.17, 15) is 26.4 Å². The Kier molecular flexibility index (Phi) is 7.82. The summed E-state index contributed by atoms with van der Waals surface area (Å²) in [6.45, 7) is 4.14. The molecular formula is C30H31N3O7S2. The summed E-state index contributed by atoms with van der Waals surface area (Å²) in [6.07, 6.45) is 1.82. The highest BCUT2D eigenvalue weighted by Crippen LogP contribution is 2.44. The van der Waals surface area contributed by atoms with Gasteiger partial charge in [-0.25, -0.2) is 8.42 Å². The van der Waals surface area contributed by atoms with Gasteiger partial charge in [-0.05, 0) is 42.5 Å². The molecule has 3 aromatic rings. The lowest BCUT2D eigenvalue weighted by molar-refractivity contribution is -0.152. The highest BCUT2D eigenvalue weighted by Gasteiger charge is 2.55. The number of carbonyl (C=O) groups is 2. The van der Waals surface area contributed by atoms with E-state index in [1.54, 1.807) is 24.3 Å². The van der Waals surface area contributed by atoms with Gasteiger partial charge in [-0.2, -0.15) is 8.42 Å². The number of Topliss-reactive ketones (excluding diaryl/α,β-unsaturated/α-hetero) is 2. The smallest absolute Gasteiger partial charge is 0.286 e. The Labute approximate surface area is 245 Å². The summed E-state index contributed by atoms with van der Waals surface area (Å²) in [5.74, 6) is -2.86. The van der Waals surface area contributed by atoms with Crippen molar-refractivity contribution in [3.8, 4) is 0 Å². The van der Waals surface area contributed by atoms with E-state index in [0.717, 1.165) is 17.9 Å². The normalized spacial score (nSPS) is 21.2. The molecule has 2 N–H and O–H groups in total. The lowest BCUT2D eigenvalue weighted by Gasteiger charge is -2.41. The van der Waals surface area contributed by atoms with Gasteiger partial charge in [0.15, 0.2) is 17.2 Å². The van der Waals surface area contributed by atoms with Crippen molar-refractivity contribution in [3.63, 3.8) is 0 Å². The fourth-order valence-corrected chi connectivity index (χ4v) is 7.01. The number of rotatable bonds is 9. The van der Waals surface area contributed by atoms with Crippen molar-refractivity contribution in [1.29, 1.82) is 0 Å². The minimum Gasteiger partial charge on any atom is -0.358 e. The third-order valence-electron chi connectivity index (χ3n) is 7.27. The molecule has 0 fully saturated rings. The third-order valence-corrected chi connectivity index (χ3v) is 9.21. The van der Waals surface area contributed by atoms with Gasteiger partial charge in [0, 0.05) is 16.8 Å². The number of benzene rings is 3. The minimum atomic E-state index is -4.42. The van der Waals surface area contributed by atoms with Crippen LogP contribution in [0.5, 0.6) is 0 Å². The average molecular weight is 610 g/mol. The fourth-order valence-electron chi connectivity index (χ4n) is 5.27. The molecule has 0 bridgehead atoms. The second kappa shape index (κ2) is 11.1. The van der Waals surface area contributed by atoms with Crippen LogP contribution in [0.3, 0.4) is 0 Å². The molecule has 12 heteroatoms. The van der Waals surface area contributed by atoms with Crippen LogP contribution in [-0.4, -0.2) is 40.5 Å². The maximum atomic E-state index is 14.5. The van der Waals surface area contributed by atoms with E-state index in [4.69, 9.17) is 4.74 Å². The minimum absolute atomic E-state index is 0.0287. The quantitative estimate of drug-likeness (QED) is 0.337. The molecule has 1 aliphatic heterocycles. The summed E-state index contributed by atoms with van der Waals surface area (Å²) in [5, 5.41) is 2.88. The molecule has 0 amide bonds. The molecular weight excluding hydrogens is 578 g/mol. The van der Waals surface area contributed by atoms with Crippen LogP contribution in [0.1, 0.15) is 48.2 Å². The molecule has 0 spiro atoms. The van der Waals surface area contributed by atoms with Gasteiger partial charge in [-0.1, -0.05) is 68.4 Å². The van der Waals surface area contributed by atoms with Gasteiger partial charge in [0.05, 0.1) is 18.6 Å². The van der Waals surface area contributed by atoms with Crippen molar-refractivity contribution in [2.75, 3.05) is 16.3 Å². The molecule has 5 rings (SSSR count). The number of ketones is 2. The first-order valence-corrected chi connectivity index (χ1v) is 16.7. The Morgan fingerprint density at radius 1 is 1.02 bits per heavy atom. The van der Waals surface area contributed by atoms with E-state index in [1.165, 1.54) is 12.1 Å². The van der Waals surface area contributed by atoms with Crippen molar-refractivity contribution in [2.24, 2.45) is 16.2 Å². The van der Waals surface area contributed by atoms with Gasteiger partial charge in [0.2, 0.25) is 10.0 Å². The zero-order valence-electron chi connectivity index (χ0n) is 23.3. The molecule has 0 saturated heterocycles. The fraction of sp³-hybridized carbons (Fsp3) is 0.300. The molecule has 1 heterocycles. The van der Waals surface area contributed by atoms with Crippen molar-refractivity contribution >= 4 is 48.8 Å². The molecule has 1 aliphatic carbocycles. The van der Waals surface area contributed by atoms with E-state index in [2.05, 4.69) is 14.4 Å². The van der Waals surface area contributed by atoms with Crippen molar-refractivity contribution in [1.82, 2.24) is 0 Å².